The monoisotopic (exact) mass is 321 g/mol. The number of methoxy groups -OCH3 is 2. The molecule has 1 atom stereocenters. The van der Waals surface area contributed by atoms with E-state index in [1.165, 1.54) is 25.6 Å². The van der Waals surface area contributed by atoms with Crippen molar-refractivity contribution >= 4 is 17.2 Å². The number of rotatable bonds is 7. The summed E-state index contributed by atoms with van der Waals surface area (Å²) >= 11 is 1.53. The average Bonchev–Trinajstić information content (AvgIpc) is 3.08. The molecule has 2 rings (SSSR count). The summed E-state index contributed by atoms with van der Waals surface area (Å²) in [6.45, 7) is 0.358. The third-order valence-electron chi connectivity index (χ3n) is 3.29. The van der Waals surface area contributed by atoms with Crippen molar-refractivity contribution in [2.75, 3.05) is 20.8 Å². The molecular formula is C16H19NO4S. The third-order valence-corrected chi connectivity index (χ3v) is 3.99. The summed E-state index contributed by atoms with van der Waals surface area (Å²) in [5.74, 6) is 0.622. The molecule has 118 valence electrons. The van der Waals surface area contributed by atoms with Crippen LogP contribution in [0.1, 0.15) is 28.4 Å². The topological polar surface area (TPSA) is 67.8 Å². The van der Waals surface area contributed by atoms with Gasteiger partial charge in [-0.2, -0.15) is 11.3 Å². The van der Waals surface area contributed by atoms with Crippen molar-refractivity contribution in [3.63, 3.8) is 0 Å². The Kier molecular flexibility index (Phi) is 5.80. The van der Waals surface area contributed by atoms with Gasteiger partial charge in [-0.05, 0) is 40.9 Å². The van der Waals surface area contributed by atoms with Gasteiger partial charge in [0.05, 0.1) is 20.3 Å². The van der Waals surface area contributed by atoms with Gasteiger partial charge >= 0.3 is 0 Å². The molecule has 1 amide bonds. The van der Waals surface area contributed by atoms with Crippen LogP contribution in [0.3, 0.4) is 0 Å². The van der Waals surface area contributed by atoms with E-state index < -0.39 is 6.10 Å². The minimum Gasteiger partial charge on any atom is -0.496 e. The van der Waals surface area contributed by atoms with E-state index >= 15 is 0 Å². The van der Waals surface area contributed by atoms with E-state index in [1.807, 2.05) is 16.8 Å². The highest BCUT2D eigenvalue weighted by atomic mass is 32.1. The number of benzene rings is 1. The lowest BCUT2D eigenvalue weighted by molar-refractivity contribution is 0.0936. The summed E-state index contributed by atoms with van der Waals surface area (Å²) in [4.78, 5) is 12.3. The van der Waals surface area contributed by atoms with Crippen molar-refractivity contribution in [1.29, 1.82) is 0 Å². The highest BCUT2D eigenvalue weighted by molar-refractivity contribution is 7.07. The molecule has 1 heterocycles. The molecule has 1 aromatic carbocycles. The van der Waals surface area contributed by atoms with E-state index in [9.17, 15) is 9.90 Å². The van der Waals surface area contributed by atoms with Crippen LogP contribution < -0.4 is 14.8 Å². The van der Waals surface area contributed by atoms with Gasteiger partial charge in [0.25, 0.3) is 5.91 Å². The molecule has 6 heteroatoms. The molecule has 5 nitrogen and oxygen atoms in total. The number of aliphatic hydroxyl groups excluding tert-OH is 1. The van der Waals surface area contributed by atoms with E-state index in [0.717, 1.165) is 5.56 Å². The molecule has 0 saturated heterocycles. The highest BCUT2D eigenvalue weighted by Gasteiger charge is 2.18. The van der Waals surface area contributed by atoms with E-state index in [1.54, 1.807) is 18.2 Å². The second-order valence-electron chi connectivity index (χ2n) is 4.65. The van der Waals surface area contributed by atoms with E-state index in [-0.39, 0.29) is 5.91 Å². The molecule has 1 aromatic heterocycles. The first-order chi connectivity index (χ1) is 10.7. The van der Waals surface area contributed by atoms with Gasteiger partial charge in [0, 0.05) is 6.54 Å². The second-order valence-corrected chi connectivity index (χ2v) is 5.43. The number of thiophene rings is 1. The Morgan fingerprint density at radius 3 is 2.50 bits per heavy atom. The molecule has 0 spiro atoms. The number of ether oxygens (including phenoxy) is 2. The van der Waals surface area contributed by atoms with Crippen LogP contribution in [0.2, 0.25) is 0 Å². The van der Waals surface area contributed by atoms with Gasteiger partial charge in [-0.25, -0.2) is 0 Å². The number of amides is 1. The first-order valence-electron chi connectivity index (χ1n) is 6.86. The number of carbonyl (C=O) groups is 1. The van der Waals surface area contributed by atoms with Gasteiger partial charge in [0.2, 0.25) is 0 Å². The molecule has 0 fully saturated rings. The standard InChI is InChI=1S/C16H19NO4S/c1-20-13-4-3-5-14(21-2)15(13)16(19)17-8-6-12(18)11-7-9-22-10-11/h3-5,7,9-10,12,18H,6,8H2,1-2H3,(H,17,19). The fourth-order valence-electron chi connectivity index (χ4n) is 2.12. The fourth-order valence-corrected chi connectivity index (χ4v) is 2.82. The van der Waals surface area contributed by atoms with Crippen molar-refractivity contribution in [2.24, 2.45) is 0 Å². The van der Waals surface area contributed by atoms with Crippen LogP contribution in [0.25, 0.3) is 0 Å². The SMILES string of the molecule is COc1cccc(OC)c1C(=O)NCCC(O)c1ccsc1. The van der Waals surface area contributed by atoms with Crippen LogP contribution in [0.5, 0.6) is 11.5 Å². The zero-order valence-corrected chi connectivity index (χ0v) is 13.4. The molecule has 0 aliphatic heterocycles. The van der Waals surface area contributed by atoms with Crippen molar-refractivity contribution in [2.45, 2.75) is 12.5 Å². The smallest absolute Gasteiger partial charge is 0.258 e. The van der Waals surface area contributed by atoms with Crippen LogP contribution in [0.4, 0.5) is 0 Å². The highest BCUT2D eigenvalue weighted by Crippen LogP contribution is 2.28. The lowest BCUT2D eigenvalue weighted by atomic mass is 10.1. The molecular weight excluding hydrogens is 302 g/mol. The Morgan fingerprint density at radius 2 is 1.95 bits per heavy atom. The van der Waals surface area contributed by atoms with Crippen molar-refractivity contribution in [3.05, 3.63) is 46.2 Å². The van der Waals surface area contributed by atoms with Gasteiger partial charge in [-0.1, -0.05) is 6.07 Å². The van der Waals surface area contributed by atoms with Crippen LogP contribution in [0, 0.1) is 0 Å². The Labute approximate surface area is 133 Å². The third kappa shape index (κ3) is 3.78. The maximum atomic E-state index is 12.3. The molecule has 0 aliphatic carbocycles. The number of nitrogens with one attached hydrogen (secondary N) is 1. The first-order valence-corrected chi connectivity index (χ1v) is 7.81. The van der Waals surface area contributed by atoms with Gasteiger partial charge in [0.1, 0.15) is 17.1 Å². The summed E-state index contributed by atoms with van der Waals surface area (Å²) in [6, 6.07) is 7.05. The van der Waals surface area contributed by atoms with E-state index in [4.69, 9.17) is 9.47 Å². The zero-order valence-electron chi connectivity index (χ0n) is 12.5. The molecule has 2 N–H and O–H groups in total. The van der Waals surface area contributed by atoms with Crippen LogP contribution in [-0.2, 0) is 0 Å². The van der Waals surface area contributed by atoms with Crippen molar-refractivity contribution < 1.29 is 19.4 Å². The second kappa shape index (κ2) is 7.82. The molecule has 2 aromatic rings. The van der Waals surface area contributed by atoms with Gasteiger partial charge in [0.15, 0.2) is 0 Å². The van der Waals surface area contributed by atoms with Gasteiger partial charge < -0.3 is 19.9 Å². The zero-order chi connectivity index (χ0) is 15.9. The maximum Gasteiger partial charge on any atom is 0.258 e. The number of carbonyl (C=O) groups excluding carboxylic acids is 1. The Balaban J connectivity index is 1.98. The Morgan fingerprint density at radius 1 is 1.27 bits per heavy atom. The minimum absolute atomic E-state index is 0.285. The summed E-state index contributed by atoms with van der Waals surface area (Å²) in [6.07, 6.45) is -0.133. The van der Waals surface area contributed by atoms with Crippen LogP contribution >= 0.6 is 11.3 Å². The number of hydrogen-bond acceptors (Lipinski definition) is 5. The number of hydrogen-bond donors (Lipinski definition) is 2. The number of aliphatic hydroxyl groups is 1. The fraction of sp³-hybridized carbons (Fsp3) is 0.312. The summed E-state index contributed by atoms with van der Waals surface area (Å²) < 4.78 is 10.4. The minimum atomic E-state index is -0.578. The molecule has 22 heavy (non-hydrogen) atoms. The van der Waals surface area contributed by atoms with Gasteiger partial charge in [-0.3, -0.25) is 4.79 Å². The molecule has 0 bridgehead atoms. The molecule has 0 saturated carbocycles. The van der Waals surface area contributed by atoms with E-state index in [2.05, 4.69) is 5.32 Å². The van der Waals surface area contributed by atoms with Gasteiger partial charge in [-0.15, -0.1) is 0 Å². The van der Waals surface area contributed by atoms with E-state index in [0.29, 0.717) is 30.0 Å². The largest absolute Gasteiger partial charge is 0.496 e. The van der Waals surface area contributed by atoms with Crippen LogP contribution in [-0.4, -0.2) is 31.8 Å². The predicted octanol–water partition coefficient (Wildman–Crippen LogP) is 2.62. The summed E-state index contributed by atoms with van der Waals surface area (Å²) in [5.41, 5.74) is 1.23. The average molecular weight is 321 g/mol. The Bertz CT molecular complexity index is 590. The summed E-state index contributed by atoms with van der Waals surface area (Å²) in [5, 5.41) is 16.6. The molecule has 0 aliphatic rings. The normalized spacial score (nSPS) is 11.8. The quantitative estimate of drug-likeness (QED) is 0.822. The molecule has 0 radical (unpaired) electrons. The summed E-state index contributed by atoms with van der Waals surface area (Å²) in [7, 11) is 3.01. The van der Waals surface area contributed by atoms with Crippen LogP contribution in [0.15, 0.2) is 35.0 Å². The lowest BCUT2D eigenvalue weighted by Crippen LogP contribution is -2.26. The predicted molar refractivity (Wildman–Crippen MR) is 85.8 cm³/mol. The Hall–Kier alpha value is -2.05. The molecule has 1 unspecified atom stereocenters. The lowest BCUT2D eigenvalue weighted by Gasteiger charge is -2.14. The van der Waals surface area contributed by atoms with Crippen molar-refractivity contribution in [1.82, 2.24) is 5.32 Å². The first kappa shape index (κ1) is 16.3. The van der Waals surface area contributed by atoms with Crippen molar-refractivity contribution in [3.8, 4) is 11.5 Å². The maximum absolute atomic E-state index is 12.3.